The molecule has 0 bridgehead atoms. The van der Waals surface area contributed by atoms with E-state index in [-0.39, 0.29) is 0 Å². The van der Waals surface area contributed by atoms with Crippen LogP contribution >= 0.6 is 11.6 Å². The lowest BCUT2D eigenvalue weighted by atomic mass is 10.1. The largest absolute Gasteiger partial charge is 0.330 e. The van der Waals surface area contributed by atoms with Crippen LogP contribution in [0, 0.1) is 17.4 Å². The molecule has 0 radical (unpaired) electrons. The molecule has 1 saturated carbocycles. The minimum Gasteiger partial charge on any atom is -0.330 e. The summed E-state index contributed by atoms with van der Waals surface area (Å²) in [6.07, 6.45) is 4.83. The van der Waals surface area contributed by atoms with E-state index in [2.05, 4.69) is 33.5 Å². The van der Waals surface area contributed by atoms with Crippen LogP contribution in [0.1, 0.15) is 25.1 Å². The van der Waals surface area contributed by atoms with E-state index >= 15 is 0 Å². The molecule has 0 amide bonds. The molecule has 3 aromatic rings. The molecular weight excluding hydrogens is 380 g/mol. The Kier molecular flexibility index (Phi) is 2.98. The number of rotatable bonds is 2. The van der Waals surface area contributed by atoms with E-state index in [1.807, 2.05) is 33.7 Å². The Bertz CT molecular complexity index is 1190. The molecule has 4 heterocycles. The summed E-state index contributed by atoms with van der Waals surface area (Å²) in [6.45, 7) is 2.16. The summed E-state index contributed by atoms with van der Waals surface area (Å²) < 4.78 is 7.31. The molecule has 1 aromatic carbocycles. The maximum absolute atomic E-state index is 9.45. The molecule has 3 atom stereocenters. The van der Waals surface area contributed by atoms with Crippen molar-refractivity contribution in [2.24, 2.45) is 5.92 Å². The molecule has 10 heteroatoms. The van der Waals surface area contributed by atoms with Gasteiger partial charge in [0, 0.05) is 11.5 Å². The van der Waals surface area contributed by atoms with Crippen molar-refractivity contribution in [3.8, 4) is 29.3 Å². The molecule has 6 rings (SSSR count). The smallest absolute Gasteiger partial charge is 0.296 e. The van der Waals surface area contributed by atoms with Gasteiger partial charge >= 0.3 is 0 Å². The Morgan fingerprint density at radius 3 is 2.82 bits per heavy atom. The van der Waals surface area contributed by atoms with E-state index in [0.29, 0.717) is 41.0 Å². The average Bonchev–Trinajstić information content (AvgIpc) is 3.11. The Balaban J connectivity index is 1.55. The van der Waals surface area contributed by atoms with E-state index in [0.717, 1.165) is 17.7 Å². The van der Waals surface area contributed by atoms with Crippen LogP contribution in [0.5, 0.6) is 0 Å². The molecule has 0 spiro atoms. The molecule has 2 aliphatic heterocycles. The number of nitriles is 1. The van der Waals surface area contributed by atoms with Gasteiger partial charge in [0.25, 0.3) is 5.89 Å². The number of halogens is 1. The van der Waals surface area contributed by atoms with Crippen LogP contribution in [-0.4, -0.2) is 35.4 Å². The van der Waals surface area contributed by atoms with E-state index < -0.39 is 5.62 Å². The highest BCUT2D eigenvalue weighted by Gasteiger charge is 2.42. The maximum Gasteiger partial charge on any atom is 0.296 e. The molecule has 1 fully saturated rings. The summed E-state index contributed by atoms with van der Waals surface area (Å²) in [5.74, 6) is 3.63. The van der Waals surface area contributed by atoms with E-state index in [9.17, 15) is 5.26 Å². The van der Waals surface area contributed by atoms with E-state index in [4.69, 9.17) is 16.1 Å². The van der Waals surface area contributed by atoms with Crippen LogP contribution in [-0.2, 0) is 0 Å². The van der Waals surface area contributed by atoms with Gasteiger partial charge < -0.3 is 4.52 Å². The number of nitrogens with zero attached hydrogens (tertiary/aromatic N) is 8. The fraction of sp³-hybridized carbons (Fsp3) is 0.278. The SMILES string of the molecule is CC1CC1c1noc(-c2nnc3n2C2=CN(C#N)C(Cl)N2c2ccccc2-3)n1. The van der Waals surface area contributed by atoms with Crippen LogP contribution in [0.15, 0.2) is 35.0 Å². The number of hydrogen-bond acceptors (Lipinski definition) is 8. The standard InChI is InChI=1S/C18H13ClN8O/c1-9-6-11(9)14-21-17(28-24-14)16-23-22-15-10-4-2-3-5-12(10)26-13(27(15)16)7-25(8-20)18(26)19/h2-5,7,9,11,18H,6H2,1H3. The van der Waals surface area contributed by atoms with Gasteiger partial charge in [0.2, 0.25) is 5.82 Å². The topological polar surface area (TPSA) is 99.9 Å². The van der Waals surface area contributed by atoms with Crippen molar-refractivity contribution in [3.63, 3.8) is 0 Å². The highest BCUT2D eigenvalue weighted by molar-refractivity contribution is 6.23. The number of anilines is 1. The minimum atomic E-state index is -0.685. The Morgan fingerprint density at radius 1 is 1.25 bits per heavy atom. The van der Waals surface area contributed by atoms with Crippen LogP contribution in [0.3, 0.4) is 0 Å². The number of fused-ring (bicyclic) bond motifs is 6. The second kappa shape index (κ2) is 5.33. The maximum atomic E-state index is 9.45. The first kappa shape index (κ1) is 15.7. The van der Waals surface area contributed by atoms with Gasteiger partial charge in [-0.3, -0.25) is 9.47 Å². The fourth-order valence-corrected chi connectivity index (χ4v) is 4.11. The Hall–Kier alpha value is -3.38. The van der Waals surface area contributed by atoms with Crippen molar-refractivity contribution in [2.75, 3.05) is 4.90 Å². The lowest BCUT2D eigenvalue weighted by Crippen LogP contribution is -2.36. The summed E-state index contributed by atoms with van der Waals surface area (Å²) >= 11 is 6.55. The van der Waals surface area contributed by atoms with E-state index in [1.54, 1.807) is 6.20 Å². The van der Waals surface area contributed by atoms with Crippen molar-refractivity contribution in [2.45, 2.75) is 24.9 Å². The van der Waals surface area contributed by atoms with Gasteiger partial charge in [-0.1, -0.05) is 35.8 Å². The van der Waals surface area contributed by atoms with Gasteiger partial charge in [-0.05, 0) is 24.5 Å². The van der Waals surface area contributed by atoms with Gasteiger partial charge in [0.05, 0.1) is 11.9 Å². The van der Waals surface area contributed by atoms with Crippen molar-refractivity contribution in [1.29, 1.82) is 5.26 Å². The second-order valence-corrected chi connectivity index (χ2v) is 7.54. The third-order valence-corrected chi connectivity index (χ3v) is 5.84. The van der Waals surface area contributed by atoms with Gasteiger partial charge in [-0.25, -0.2) is 4.90 Å². The Labute approximate surface area is 164 Å². The predicted octanol–water partition coefficient (Wildman–Crippen LogP) is 3.01. The second-order valence-electron chi connectivity index (χ2n) is 7.15. The number of benzene rings is 1. The zero-order valence-corrected chi connectivity index (χ0v) is 15.4. The van der Waals surface area contributed by atoms with Crippen molar-refractivity contribution < 1.29 is 4.52 Å². The molecule has 0 saturated heterocycles. The highest BCUT2D eigenvalue weighted by atomic mass is 35.5. The van der Waals surface area contributed by atoms with Crippen LogP contribution < -0.4 is 4.90 Å². The van der Waals surface area contributed by atoms with Crippen molar-refractivity contribution in [3.05, 3.63) is 36.3 Å². The lowest BCUT2D eigenvalue weighted by Gasteiger charge is -2.32. The third-order valence-electron chi connectivity index (χ3n) is 5.43. The monoisotopic (exact) mass is 392 g/mol. The van der Waals surface area contributed by atoms with Gasteiger partial charge in [0.15, 0.2) is 23.5 Å². The van der Waals surface area contributed by atoms with Gasteiger partial charge in [0.1, 0.15) is 5.82 Å². The molecule has 3 unspecified atom stereocenters. The third kappa shape index (κ3) is 1.95. The number of alkyl halides is 1. The van der Waals surface area contributed by atoms with Crippen molar-refractivity contribution >= 4 is 23.1 Å². The first-order valence-electron chi connectivity index (χ1n) is 8.89. The predicted molar refractivity (Wildman–Crippen MR) is 99.1 cm³/mol. The zero-order chi connectivity index (χ0) is 19.0. The minimum absolute atomic E-state index is 0.301. The molecule has 1 aliphatic carbocycles. The first-order chi connectivity index (χ1) is 13.7. The molecule has 9 nitrogen and oxygen atoms in total. The normalized spacial score (nSPS) is 24.3. The number of para-hydroxylation sites is 1. The molecule has 2 aromatic heterocycles. The number of aromatic nitrogens is 5. The highest BCUT2D eigenvalue weighted by Crippen LogP contribution is 2.48. The molecule has 28 heavy (non-hydrogen) atoms. The lowest BCUT2D eigenvalue weighted by molar-refractivity contribution is 0.418. The summed E-state index contributed by atoms with van der Waals surface area (Å²) in [4.78, 5) is 7.78. The van der Waals surface area contributed by atoms with Gasteiger partial charge in [-0.2, -0.15) is 10.2 Å². The van der Waals surface area contributed by atoms with Crippen LogP contribution in [0.2, 0.25) is 0 Å². The molecule has 3 aliphatic rings. The summed E-state index contributed by atoms with van der Waals surface area (Å²) in [5.41, 5.74) is 1.03. The van der Waals surface area contributed by atoms with Crippen molar-refractivity contribution in [1.82, 2.24) is 29.8 Å². The molecular formula is C18H13ClN8O. The quantitative estimate of drug-likeness (QED) is 0.372. The van der Waals surface area contributed by atoms with E-state index in [1.165, 1.54) is 4.90 Å². The zero-order valence-electron chi connectivity index (χ0n) is 14.7. The van der Waals surface area contributed by atoms with Gasteiger partial charge in [-0.15, -0.1) is 10.2 Å². The Morgan fingerprint density at radius 2 is 2.04 bits per heavy atom. The summed E-state index contributed by atoms with van der Waals surface area (Å²) in [7, 11) is 0. The average molecular weight is 393 g/mol. The summed E-state index contributed by atoms with van der Waals surface area (Å²) in [6, 6.07) is 7.73. The van der Waals surface area contributed by atoms with Crippen LogP contribution in [0.4, 0.5) is 5.69 Å². The first-order valence-corrected chi connectivity index (χ1v) is 9.33. The number of hydrogen-bond donors (Lipinski definition) is 0. The fourth-order valence-electron chi connectivity index (χ4n) is 3.81. The molecule has 0 N–H and O–H groups in total. The van der Waals surface area contributed by atoms with Crippen LogP contribution in [0.25, 0.3) is 28.9 Å². The summed E-state index contributed by atoms with van der Waals surface area (Å²) in [5, 5.41) is 22.3. The molecule has 138 valence electrons.